The standard InChI is InChI=1S/C24H27ClN4O5S2.2ClH/c1-26-24-27(2)19(15-35-24)13-28-8-9-29(21(14-28)23(31)32)22(30)7-10-36(33,34)20-6-4-16-11-18(25)5-3-17(16)12-20;;/h3-6,11-12,15,21H,7-10,13-14H2,1-2H3,(H,31,32);2*1H/b26-24-;;. The van der Waals surface area contributed by atoms with E-state index in [9.17, 15) is 23.1 Å². The van der Waals surface area contributed by atoms with Crippen LogP contribution in [0.3, 0.4) is 0 Å². The maximum Gasteiger partial charge on any atom is 0.327 e. The molecule has 208 valence electrons. The van der Waals surface area contributed by atoms with E-state index in [2.05, 4.69) is 4.99 Å². The normalized spacial score (nSPS) is 16.7. The minimum Gasteiger partial charge on any atom is -0.480 e. The SMILES string of the molecule is C/N=c1\scc(CN2CCN(C(=O)CCS(=O)(=O)c3ccc4cc(Cl)ccc4c3)C(C(=O)O)C2)n1C.Cl.Cl. The Labute approximate surface area is 242 Å². The molecule has 0 aliphatic carbocycles. The third-order valence-electron chi connectivity index (χ3n) is 6.38. The summed E-state index contributed by atoms with van der Waals surface area (Å²) in [6, 6.07) is 8.88. The highest BCUT2D eigenvalue weighted by atomic mass is 35.5. The lowest BCUT2D eigenvalue weighted by Gasteiger charge is -2.39. The van der Waals surface area contributed by atoms with Crippen molar-refractivity contribution in [1.82, 2.24) is 14.4 Å². The zero-order valence-electron chi connectivity index (χ0n) is 20.7. The van der Waals surface area contributed by atoms with E-state index in [0.717, 1.165) is 21.3 Å². The van der Waals surface area contributed by atoms with Gasteiger partial charge in [-0.05, 0) is 35.0 Å². The van der Waals surface area contributed by atoms with E-state index < -0.39 is 33.5 Å². The summed E-state index contributed by atoms with van der Waals surface area (Å²) in [6.07, 6.45) is -0.286. The van der Waals surface area contributed by atoms with E-state index >= 15 is 0 Å². The molecule has 1 atom stereocenters. The van der Waals surface area contributed by atoms with E-state index in [1.54, 1.807) is 37.4 Å². The average molecular weight is 624 g/mol. The number of carbonyl (C=O) groups is 2. The molecular weight excluding hydrogens is 595 g/mol. The Balaban J connectivity index is 0.00000253. The summed E-state index contributed by atoms with van der Waals surface area (Å²) in [5.74, 6) is -1.99. The number of amides is 1. The van der Waals surface area contributed by atoms with Crippen molar-refractivity contribution in [1.29, 1.82) is 0 Å². The number of carboxylic acids is 1. The molecule has 9 nitrogen and oxygen atoms in total. The lowest BCUT2D eigenvalue weighted by molar-refractivity contribution is -0.153. The molecule has 0 saturated carbocycles. The second-order valence-corrected chi connectivity index (χ2v) is 12.1. The quantitative estimate of drug-likeness (QED) is 0.433. The smallest absolute Gasteiger partial charge is 0.327 e. The minimum atomic E-state index is -3.74. The predicted octanol–water partition coefficient (Wildman–Crippen LogP) is 3.23. The monoisotopic (exact) mass is 622 g/mol. The Morgan fingerprint density at radius 3 is 2.47 bits per heavy atom. The van der Waals surface area contributed by atoms with E-state index in [0.29, 0.717) is 18.1 Å². The molecule has 2 aromatic carbocycles. The van der Waals surface area contributed by atoms with Crippen molar-refractivity contribution in [3.05, 3.63) is 57.3 Å². The fourth-order valence-corrected chi connectivity index (χ4v) is 6.64. The van der Waals surface area contributed by atoms with E-state index in [1.807, 2.05) is 21.9 Å². The van der Waals surface area contributed by atoms with Gasteiger partial charge in [0.25, 0.3) is 0 Å². The summed E-state index contributed by atoms with van der Waals surface area (Å²) in [4.78, 5) is 33.4. The molecule has 2 heterocycles. The number of carboxylic acid groups (broad SMARTS) is 1. The summed E-state index contributed by atoms with van der Waals surface area (Å²) in [5, 5.41) is 13.9. The molecule has 38 heavy (non-hydrogen) atoms. The highest BCUT2D eigenvalue weighted by Crippen LogP contribution is 2.24. The first kappa shape index (κ1) is 32.1. The van der Waals surface area contributed by atoms with E-state index in [1.165, 1.54) is 22.3 Å². The largest absolute Gasteiger partial charge is 0.480 e. The predicted molar refractivity (Wildman–Crippen MR) is 153 cm³/mol. The molecule has 0 spiro atoms. The van der Waals surface area contributed by atoms with Crippen molar-refractivity contribution in [2.75, 3.05) is 32.4 Å². The Kier molecular flexibility index (Phi) is 11.2. The fraction of sp³-hybridized carbons (Fsp3) is 0.375. The number of halogens is 3. The third kappa shape index (κ3) is 7.08. The van der Waals surface area contributed by atoms with Crippen molar-refractivity contribution >= 4 is 80.2 Å². The van der Waals surface area contributed by atoms with Crippen LogP contribution in [0.25, 0.3) is 10.8 Å². The summed E-state index contributed by atoms with van der Waals surface area (Å²) in [5.41, 5.74) is 1.01. The molecule has 1 aromatic heterocycles. The van der Waals surface area contributed by atoms with Gasteiger partial charge in [0.1, 0.15) is 6.04 Å². The lowest BCUT2D eigenvalue weighted by atomic mass is 10.1. The zero-order chi connectivity index (χ0) is 26.0. The molecule has 1 aliphatic rings. The molecular formula is C24H29Cl3N4O5S2. The maximum atomic E-state index is 13.0. The number of carbonyl (C=O) groups excluding carboxylic acids is 1. The Morgan fingerprint density at radius 2 is 1.82 bits per heavy atom. The van der Waals surface area contributed by atoms with Gasteiger partial charge >= 0.3 is 5.97 Å². The van der Waals surface area contributed by atoms with Gasteiger partial charge in [-0.2, -0.15) is 0 Å². The van der Waals surface area contributed by atoms with Gasteiger partial charge in [-0.15, -0.1) is 36.2 Å². The number of benzene rings is 2. The van der Waals surface area contributed by atoms with Crippen LogP contribution in [-0.2, 0) is 33.0 Å². The molecule has 3 aromatic rings. The van der Waals surface area contributed by atoms with Gasteiger partial charge in [0.05, 0.1) is 10.6 Å². The van der Waals surface area contributed by atoms with Crippen molar-refractivity contribution in [3.63, 3.8) is 0 Å². The van der Waals surface area contributed by atoms with Crippen LogP contribution < -0.4 is 4.80 Å². The molecule has 1 N–H and O–H groups in total. The summed E-state index contributed by atoms with van der Waals surface area (Å²) >= 11 is 7.51. The van der Waals surface area contributed by atoms with E-state index in [4.69, 9.17) is 11.6 Å². The molecule has 1 fully saturated rings. The number of sulfone groups is 1. The molecule has 1 aliphatic heterocycles. The first-order chi connectivity index (χ1) is 17.1. The number of aliphatic carboxylic acids is 1. The zero-order valence-corrected chi connectivity index (χ0v) is 24.8. The molecule has 1 amide bonds. The van der Waals surface area contributed by atoms with Crippen molar-refractivity contribution < 1.29 is 23.1 Å². The van der Waals surface area contributed by atoms with Gasteiger partial charge in [-0.3, -0.25) is 14.7 Å². The Hall–Kier alpha value is -2.15. The first-order valence-electron chi connectivity index (χ1n) is 11.3. The summed E-state index contributed by atoms with van der Waals surface area (Å²) in [6.45, 7) is 1.40. The highest BCUT2D eigenvalue weighted by molar-refractivity contribution is 7.91. The van der Waals surface area contributed by atoms with Crippen molar-refractivity contribution in [2.45, 2.75) is 23.9 Å². The molecule has 14 heteroatoms. The lowest BCUT2D eigenvalue weighted by Crippen LogP contribution is -2.58. The Bertz CT molecular complexity index is 1490. The number of rotatable bonds is 7. The third-order valence-corrected chi connectivity index (χ3v) is 9.39. The van der Waals surface area contributed by atoms with Gasteiger partial charge in [0, 0.05) is 62.8 Å². The number of hydrogen-bond acceptors (Lipinski definition) is 7. The molecule has 0 bridgehead atoms. The summed E-state index contributed by atoms with van der Waals surface area (Å²) in [7, 11) is -0.109. The van der Waals surface area contributed by atoms with Crippen LogP contribution in [0.4, 0.5) is 0 Å². The van der Waals surface area contributed by atoms with Gasteiger partial charge in [-0.25, -0.2) is 13.2 Å². The van der Waals surface area contributed by atoms with Crippen LogP contribution >= 0.6 is 47.8 Å². The minimum absolute atomic E-state index is 0. The van der Waals surface area contributed by atoms with Gasteiger partial charge in [-0.1, -0.05) is 23.7 Å². The van der Waals surface area contributed by atoms with Gasteiger partial charge in [0.2, 0.25) is 5.91 Å². The van der Waals surface area contributed by atoms with Crippen molar-refractivity contribution in [3.8, 4) is 0 Å². The number of nitrogens with zero attached hydrogens (tertiary/aromatic N) is 4. The molecule has 1 saturated heterocycles. The van der Waals surface area contributed by atoms with Crippen LogP contribution in [-0.4, -0.2) is 78.2 Å². The highest BCUT2D eigenvalue weighted by Gasteiger charge is 2.35. The first-order valence-corrected chi connectivity index (χ1v) is 14.2. The van der Waals surface area contributed by atoms with Crippen LogP contribution in [0.5, 0.6) is 0 Å². The number of hydrogen-bond donors (Lipinski definition) is 1. The molecule has 1 unspecified atom stereocenters. The second kappa shape index (κ2) is 13.3. The number of aromatic nitrogens is 1. The van der Waals surface area contributed by atoms with Gasteiger partial charge < -0.3 is 14.6 Å². The number of fused-ring (bicyclic) bond motifs is 1. The maximum absolute atomic E-state index is 13.0. The van der Waals surface area contributed by atoms with Crippen LogP contribution in [0.2, 0.25) is 5.02 Å². The fourth-order valence-electron chi connectivity index (χ4n) is 4.34. The molecule has 4 rings (SSSR count). The van der Waals surface area contributed by atoms with E-state index in [-0.39, 0.29) is 49.2 Å². The van der Waals surface area contributed by atoms with Gasteiger partial charge in [0.15, 0.2) is 14.6 Å². The Morgan fingerprint density at radius 1 is 1.13 bits per heavy atom. The second-order valence-electron chi connectivity index (χ2n) is 8.69. The van der Waals surface area contributed by atoms with Crippen molar-refractivity contribution in [2.24, 2.45) is 12.0 Å². The number of piperazine rings is 1. The average Bonchev–Trinajstić information content (AvgIpc) is 3.21. The van der Waals surface area contributed by atoms with Crippen LogP contribution in [0, 0.1) is 0 Å². The topological polar surface area (TPSA) is 112 Å². The summed E-state index contributed by atoms with van der Waals surface area (Å²) < 4.78 is 27.8. The van der Waals surface area contributed by atoms with Crippen LogP contribution in [0.1, 0.15) is 12.1 Å². The van der Waals surface area contributed by atoms with Crippen LogP contribution in [0.15, 0.2) is 51.7 Å². The molecule has 0 radical (unpaired) electrons. The number of thiazole rings is 1.